The van der Waals surface area contributed by atoms with Crippen LogP contribution in [0, 0.1) is 0 Å². The second-order valence-electron chi connectivity index (χ2n) is 8.96. The molecule has 3 aliphatic rings. The van der Waals surface area contributed by atoms with Gasteiger partial charge in [0.25, 0.3) is 5.56 Å². The third kappa shape index (κ3) is 2.89. The molecule has 5 rings (SSSR count). The molecule has 28 heavy (non-hydrogen) atoms. The molecule has 1 aromatic carbocycles. The molecule has 0 saturated carbocycles. The molecule has 1 spiro atoms. The van der Waals surface area contributed by atoms with Gasteiger partial charge < -0.3 is 15.0 Å². The van der Waals surface area contributed by atoms with E-state index in [1.165, 1.54) is 23.1 Å². The van der Waals surface area contributed by atoms with Crippen molar-refractivity contribution in [3.63, 3.8) is 0 Å². The summed E-state index contributed by atoms with van der Waals surface area (Å²) < 4.78 is 0. The normalized spacial score (nSPS) is 22.9. The zero-order valence-electron chi connectivity index (χ0n) is 16.5. The number of fused-ring (bicyclic) bond motifs is 3. The van der Waals surface area contributed by atoms with Crippen molar-refractivity contribution in [2.24, 2.45) is 0 Å². The number of rotatable bonds is 3. The lowest BCUT2D eigenvalue weighted by Crippen LogP contribution is -2.42. The standard InChI is InChI=1S/C24H30N2O2/c27-14-9-18-16-24(21-8-4-3-6-19(18)21)10-12-26(13-11-24)22-15-17-5-1-2-7-20(17)23(28)25-22/h3-4,6,8,15,18,27H,1-2,5,7,9-14,16H2,(H,25,28). The lowest BCUT2D eigenvalue weighted by molar-refractivity contribution is 0.255. The zero-order chi connectivity index (χ0) is 19.1. The summed E-state index contributed by atoms with van der Waals surface area (Å²) in [4.78, 5) is 18.1. The van der Waals surface area contributed by atoms with Gasteiger partial charge in [0.2, 0.25) is 0 Å². The van der Waals surface area contributed by atoms with Gasteiger partial charge in [-0.15, -0.1) is 0 Å². The van der Waals surface area contributed by atoms with Crippen LogP contribution in [-0.4, -0.2) is 29.8 Å². The van der Waals surface area contributed by atoms with Gasteiger partial charge in [0.1, 0.15) is 5.82 Å². The highest BCUT2D eigenvalue weighted by molar-refractivity contribution is 5.48. The second-order valence-corrected chi connectivity index (χ2v) is 8.96. The highest BCUT2D eigenvalue weighted by Gasteiger charge is 2.45. The van der Waals surface area contributed by atoms with E-state index in [1.54, 1.807) is 0 Å². The minimum Gasteiger partial charge on any atom is -0.396 e. The van der Waals surface area contributed by atoms with Crippen molar-refractivity contribution in [2.45, 2.75) is 62.7 Å². The maximum atomic E-state index is 12.5. The van der Waals surface area contributed by atoms with E-state index >= 15 is 0 Å². The fraction of sp³-hybridized carbons (Fsp3) is 0.542. The van der Waals surface area contributed by atoms with Gasteiger partial charge in [0.05, 0.1) is 0 Å². The van der Waals surface area contributed by atoms with Crippen LogP contribution in [0.5, 0.6) is 0 Å². The van der Waals surface area contributed by atoms with Crippen LogP contribution in [0.25, 0.3) is 0 Å². The summed E-state index contributed by atoms with van der Waals surface area (Å²) in [6.45, 7) is 2.22. The molecule has 2 aromatic rings. The number of H-pyrrole nitrogens is 1. The maximum absolute atomic E-state index is 12.5. The minimum atomic E-state index is 0.127. The number of pyridine rings is 1. The van der Waals surface area contributed by atoms with Crippen LogP contribution in [0.4, 0.5) is 5.82 Å². The van der Waals surface area contributed by atoms with Crippen LogP contribution < -0.4 is 10.5 Å². The largest absolute Gasteiger partial charge is 0.396 e. The van der Waals surface area contributed by atoms with E-state index in [-0.39, 0.29) is 17.6 Å². The van der Waals surface area contributed by atoms with Crippen molar-refractivity contribution < 1.29 is 5.11 Å². The molecule has 1 atom stereocenters. The van der Waals surface area contributed by atoms with E-state index in [0.717, 1.165) is 69.4 Å². The van der Waals surface area contributed by atoms with Crippen molar-refractivity contribution in [1.29, 1.82) is 0 Å². The highest BCUT2D eigenvalue weighted by atomic mass is 16.3. The quantitative estimate of drug-likeness (QED) is 0.857. The van der Waals surface area contributed by atoms with Gasteiger partial charge in [-0.25, -0.2) is 0 Å². The van der Waals surface area contributed by atoms with Gasteiger partial charge in [-0.05, 0) is 85.5 Å². The molecular formula is C24H30N2O2. The Morgan fingerprint density at radius 1 is 1.14 bits per heavy atom. The Labute approximate surface area is 166 Å². The first kappa shape index (κ1) is 18.0. The van der Waals surface area contributed by atoms with Crippen LogP contribution in [-0.2, 0) is 18.3 Å². The summed E-state index contributed by atoms with van der Waals surface area (Å²) in [6.07, 6.45) is 8.55. The van der Waals surface area contributed by atoms with Crippen LogP contribution >= 0.6 is 0 Å². The minimum absolute atomic E-state index is 0.127. The second kappa shape index (κ2) is 7.07. The fourth-order valence-electron chi connectivity index (χ4n) is 6.00. The first-order chi connectivity index (χ1) is 13.7. The number of piperidine rings is 1. The van der Waals surface area contributed by atoms with Gasteiger partial charge >= 0.3 is 0 Å². The molecule has 1 fully saturated rings. The van der Waals surface area contributed by atoms with Crippen LogP contribution in [0.2, 0.25) is 0 Å². The number of aromatic amines is 1. The van der Waals surface area contributed by atoms with Crippen LogP contribution in [0.3, 0.4) is 0 Å². The van der Waals surface area contributed by atoms with Gasteiger partial charge in [-0.1, -0.05) is 24.3 Å². The molecule has 0 amide bonds. The smallest absolute Gasteiger partial charge is 0.252 e. The number of nitrogens with zero attached hydrogens (tertiary/aromatic N) is 1. The van der Waals surface area contributed by atoms with Crippen molar-refractivity contribution in [3.8, 4) is 0 Å². The summed E-state index contributed by atoms with van der Waals surface area (Å²) in [5.74, 6) is 1.50. The van der Waals surface area contributed by atoms with Crippen molar-refractivity contribution in [1.82, 2.24) is 4.98 Å². The summed E-state index contributed by atoms with van der Waals surface area (Å²) >= 11 is 0. The lowest BCUT2D eigenvalue weighted by atomic mass is 9.73. The molecule has 0 radical (unpaired) electrons. The molecule has 4 heteroatoms. The number of aryl methyl sites for hydroxylation is 1. The molecule has 1 aromatic heterocycles. The molecular weight excluding hydrogens is 348 g/mol. The third-order valence-electron chi connectivity index (χ3n) is 7.49. The van der Waals surface area contributed by atoms with E-state index in [4.69, 9.17) is 0 Å². The van der Waals surface area contributed by atoms with Gasteiger partial charge in [-0.2, -0.15) is 0 Å². The van der Waals surface area contributed by atoms with Crippen molar-refractivity contribution in [2.75, 3.05) is 24.6 Å². The number of anilines is 1. The Morgan fingerprint density at radius 2 is 1.93 bits per heavy atom. The topological polar surface area (TPSA) is 56.3 Å². The summed E-state index contributed by atoms with van der Waals surface area (Å²) in [6, 6.07) is 11.1. The van der Waals surface area contributed by atoms with E-state index in [1.807, 2.05) is 0 Å². The Bertz CT molecular complexity index is 924. The predicted molar refractivity (Wildman–Crippen MR) is 112 cm³/mol. The number of nitrogens with one attached hydrogen (secondary N) is 1. The van der Waals surface area contributed by atoms with E-state index in [2.05, 4.69) is 40.2 Å². The number of hydrogen-bond donors (Lipinski definition) is 2. The third-order valence-corrected chi connectivity index (χ3v) is 7.49. The fourth-order valence-corrected chi connectivity index (χ4v) is 6.00. The number of aromatic nitrogens is 1. The summed E-state index contributed by atoms with van der Waals surface area (Å²) in [5.41, 5.74) is 5.60. The monoisotopic (exact) mass is 378 g/mol. The Morgan fingerprint density at radius 3 is 2.75 bits per heavy atom. The van der Waals surface area contributed by atoms with Gasteiger partial charge in [-0.3, -0.25) is 4.79 Å². The molecule has 1 aliphatic heterocycles. The molecule has 1 saturated heterocycles. The number of benzene rings is 1. The molecule has 0 bridgehead atoms. The maximum Gasteiger partial charge on any atom is 0.252 e. The number of aliphatic hydroxyl groups is 1. The van der Waals surface area contributed by atoms with Crippen LogP contribution in [0.1, 0.15) is 66.7 Å². The van der Waals surface area contributed by atoms with Crippen LogP contribution in [0.15, 0.2) is 35.1 Å². The zero-order valence-corrected chi connectivity index (χ0v) is 16.5. The first-order valence-corrected chi connectivity index (χ1v) is 10.9. The van der Waals surface area contributed by atoms with Crippen molar-refractivity contribution >= 4 is 5.82 Å². The Kier molecular flexibility index (Phi) is 4.54. The summed E-state index contributed by atoms with van der Waals surface area (Å²) in [7, 11) is 0. The molecule has 2 N–H and O–H groups in total. The molecule has 1 unspecified atom stereocenters. The summed E-state index contributed by atoms with van der Waals surface area (Å²) in [5, 5.41) is 9.51. The molecule has 148 valence electrons. The van der Waals surface area contributed by atoms with Gasteiger partial charge in [0.15, 0.2) is 0 Å². The van der Waals surface area contributed by atoms with E-state index in [9.17, 15) is 9.90 Å². The number of aliphatic hydroxyl groups excluding tert-OH is 1. The van der Waals surface area contributed by atoms with E-state index in [0.29, 0.717) is 5.92 Å². The predicted octanol–water partition coefficient (Wildman–Crippen LogP) is 3.66. The Hall–Kier alpha value is -2.07. The van der Waals surface area contributed by atoms with E-state index < -0.39 is 0 Å². The SMILES string of the molecule is O=c1[nH]c(N2CCC3(CC2)CC(CCO)c2ccccc23)cc2c1CCCC2. The average molecular weight is 379 g/mol. The number of hydrogen-bond acceptors (Lipinski definition) is 3. The molecule has 2 heterocycles. The Balaban J connectivity index is 1.39. The molecule has 4 nitrogen and oxygen atoms in total. The first-order valence-electron chi connectivity index (χ1n) is 10.9. The van der Waals surface area contributed by atoms with Gasteiger partial charge in [0, 0.05) is 25.3 Å². The lowest BCUT2D eigenvalue weighted by Gasteiger charge is -2.41. The highest BCUT2D eigenvalue weighted by Crippen LogP contribution is 2.52. The molecule has 2 aliphatic carbocycles. The average Bonchev–Trinajstić information content (AvgIpc) is 3.02. The van der Waals surface area contributed by atoms with Crippen molar-refractivity contribution in [3.05, 3.63) is 62.9 Å².